The molecule has 1 aromatic carbocycles. The van der Waals surface area contributed by atoms with Crippen LogP contribution in [0.15, 0.2) is 30.3 Å². The summed E-state index contributed by atoms with van der Waals surface area (Å²) in [4.78, 5) is 22.5. The molecule has 20 heavy (non-hydrogen) atoms. The van der Waals surface area contributed by atoms with Gasteiger partial charge in [0, 0.05) is 12.2 Å². The number of aliphatic hydroxyl groups is 1. The van der Waals surface area contributed by atoms with Crippen molar-refractivity contribution in [2.24, 2.45) is 5.73 Å². The van der Waals surface area contributed by atoms with Crippen LogP contribution in [0.1, 0.15) is 18.0 Å². The van der Waals surface area contributed by atoms with Crippen LogP contribution >= 0.6 is 12.6 Å². The van der Waals surface area contributed by atoms with Crippen molar-refractivity contribution in [1.82, 2.24) is 5.32 Å². The number of carbonyl (C=O) groups excluding carboxylic acids is 1. The summed E-state index contributed by atoms with van der Waals surface area (Å²) in [6.45, 7) is 0. The molecule has 0 aromatic heterocycles. The number of carbonyl (C=O) groups is 2. The molecule has 0 saturated carbocycles. The number of amides is 1. The van der Waals surface area contributed by atoms with E-state index < -0.39 is 30.1 Å². The van der Waals surface area contributed by atoms with Crippen molar-refractivity contribution in [2.75, 3.05) is 5.75 Å². The van der Waals surface area contributed by atoms with E-state index in [9.17, 15) is 14.7 Å². The number of rotatable bonds is 7. The zero-order chi connectivity index (χ0) is 15.1. The SMILES string of the molecule is N[C@@H](CS)C(=O)NC(C[C@H](O)C(=O)O)c1ccccc1. The number of hydrogen-bond acceptors (Lipinski definition) is 5. The predicted octanol–water partition coefficient (Wildman–Crippen LogP) is -0.0634. The van der Waals surface area contributed by atoms with Crippen molar-refractivity contribution in [1.29, 1.82) is 0 Å². The second-order valence-electron chi connectivity index (χ2n) is 4.35. The van der Waals surface area contributed by atoms with E-state index in [1.807, 2.05) is 0 Å². The molecule has 1 aromatic rings. The van der Waals surface area contributed by atoms with E-state index in [2.05, 4.69) is 17.9 Å². The van der Waals surface area contributed by atoms with Crippen LogP contribution in [0, 0.1) is 0 Å². The molecule has 6 nitrogen and oxygen atoms in total. The van der Waals surface area contributed by atoms with Gasteiger partial charge in [-0.2, -0.15) is 12.6 Å². The highest BCUT2D eigenvalue weighted by molar-refractivity contribution is 7.80. The first-order chi connectivity index (χ1) is 9.45. The van der Waals surface area contributed by atoms with Crippen molar-refractivity contribution in [3.63, 3.8) is 0 Å². The van der Waals surface area contributed by atoms with Gasteiger partial charge in [-0.1, -0.05) is 30.3 Å². The summed E-state index contributed by atoms with van der Waals surface area (Å²) < 4.78 is 0. The van der Waals surface area contributed by atoms with E-state index in [-0.39, 0.29) is 12.2 Å². The number of nitrogens with one attached hydrogen (secondary N) is 1. The standard InChI is InChI=1S/C13H18N2O4S/c14-9(7-20)12(17)15-10(6-11(16)13(18)19)8-4-2-1-3-5-8/h1-5,9-11,16,20H,6-7,14H2,(H,15,17)(H,18,19)/t9-,10?,11-/m0/s1. The second-order valence-corrected chi connectivity index (χ2v) is 4.72. The average Bonchev–Trinajstić information content (AvgIpc) is 2.46. The Bertz CT molecular complexity index is 455. The van der Waals surface area contributed by atoms with Crippen molar-refractivity contribution < 1.29 is 19.8 Å². The fourth-order valence-electron chi connectivity index (χ4n) is 1.65. The summed E-state index contributed by atoms with van der Waals surface area (Å²) in [7, 11) is 0. The van der Waals surface area contributed by atoms with E-state index in [1.165, 1.54) is 0 Å². The minimum atomic E-state index is -1.56. The molecule has 0 spiro atoms. The van der Waals surface area contributed by atoms with E-state index in [1.54, 1.807) is 30.3 Å². The lowest BCUT2D eigenvalue weighted by atomic mass is 10.00. The molecule has 1 unspecified atom stereocenters. The molecule has 0 bridgehead atoms. The molecule has 3 atom stereocenters. The lowest BCUT2D eigenvalue weighted by Crippen LogP contribution is -2.44. The Morgan fingerprint density at radius 2 is 1.90 bits per heavy atom. The molecule has 110 valence electrons. The minimum Gasteiger partial charge on any atom is -0.479 e. The second kappa shape index (κ2) is 7.88. The third-order valence-corrected chi connectivity index (χ3v) is 3.19. The van der Waals surface area contributed by atoms with E-state index in [0.29, 0.717) is 5.56 Å². The number of carboxylic acid groups (broad SMARTS) is 1. The van der Waals surface area contributed by atoms with Gasteiger partial charge in [0.1, 0.15) is 0 Å². The van der Waals surface area contributed by atoms with Gasteiger partial charge in [0.25, 0.3) is 0 Å². The molecular formula is C13H18N2O4S. The van der Waals surface area contributed by atoms with Gasteiger partial charge >= 0.3 is 5.97 Å². The lowest BCUT2D eigenvalue weighted by molar-refractivity contribution is -0.147. The van der Waals surface area contributed by atoms with Gasteiger partial charge in [-0.05, 0) is 5.56 Å². The number of nitrogens with two attached hydrogens (primary N) is 1. The molecule has 5 N–H and O–H groups in total. The van der Waals surface area contributed by atoms with Crippen LogP contribution in [0.2, 0.25) is 0 Å². The Balaban J connectivity index is 2.85. The maximum absolute atomic E-state index is 11.8. The summed E-state index contributed by atoms with van der Waals surface area (Å²) in [5.41, 5.74) is 6.27. The van der Waals surface area contributed by atoms with Crippen molar-refractivity contribution in [3.05, 3.63) is 35.9 Å². The molecule has 0 heterocycles. The number of carboxylic acids is 1. The summed E-state index contributed by atoms with van der Waals surface area (Å²) in [5, 5.41) is 20.9. The largest absolute Gasteiger partial charge is 0.479 e. The van der Waals surface area contributed by atoms with Crippen molar-refractivity contribution in [3.8, 4) is 0 Å². The number of thiol groups is 1. The normalized spacial score (nSPS) is 15.2. The van der Waals surface area contributed by atoms with Crippen LogP contribution in [0.4, 0.5) is 0 Å². The number of hydrogen-bond donors (Lipinski definition) is 5. The van der Waals surface area contributed by atoms with Gasteiger partial charge in [-0.25, -0.2) is 4.79 Å². The van der Waals surface area contributed by atoms with Crippen LogP contribution in [0.3, 0.4) is 0 Å². The maximum atomic E-state index is 11.8. The zero-order valence-corrected chi connectivity index (χ0v) is 11.7. The Kier molecular flexibility index (Phi) is 6.50. The first kappa shape index (κ1) is 16.5. The first-order valence-corrected chi connectivity index (χ1v) is 6.71. The van der Waals surface area contributed by atoms with Gasteiger partial charge in [0.15, 0.2) is 6.10 Å². The average molecular weight is 298 g/mol. The van der Waals surface area contributed by atoms with Crippen LogP contribution < -0.4 is 11.1 Å². The van der Waals surface area contributed by atoms with Crippen molar-refractivity contribution >= 4 is 24.5 Å². The Labute approximate surface area is 122 Å². The topological polar surface area (TPSA) is 113 Å². The monoisotopic (exact) mass is 298 g/mol. The molecule has 0 saturated heterocycles. The lowest BCUT2D eigenvalue weighted by Gasteiger charge is -2.22. The van der Waals surface area contributed by atoms with Gasteiger partial charge in [0.2, 0.25) is 5.91 Å². The van der Waals surface area contributed by atoms with Gasteiger partial charge in [0.05, 0.1) is 12.1 Å². The maximum Gasteiger partial charge on any atom is 0.332 e. The van der Waals surface area contributed by atoms with E-state index >= 15 is 0 Å². The van der Waals surface area contributed by atoms with Crippen LogP contribution in [0.25, 0.3) is 0 Å². The third-order valence-electron chi connectivity index (χ3n) is 2.80. The number of benzene rings is 1. The Morgan fingerprint density at radius 1 is 1.30 bits per heavy atom. The predicted molar refractivity (Wildman–Crippen MR) is 77.4 cm³/mol. The molecular weight excluding hydrogens is 280 g/mol. The highest BCUT2D eigenvalue weighted by Gasteiger charge is 2.24. The molecule has 0 radical (unpaired) electrons. The number of aliphatic hydroxyl groups excluding tert-OH is 1. The summed E-state index contributed by atoms with van der Waals surface area (Å²) >= 11 is 3.94. The van der Waals surface area contributed by atoms with Crippen molar-refractivity contribution in [2.45, 2.75) is 24.6 Å². The molecule has 0 fully saturated rings. The molecule has 0 aliphatic rings. The van der Waals surface area contributed by atoms with Gasteiger partial charge < -0.3 is 21.3 Å². The number of aliphatic carboxylic acids is 1. The summed E-state index contributed by atoms with van der Waals surface area (Å²) in [6, 6.07) is 7.40. The summed E-state index contributed by atoms with van der Waals surface area (Å²) in [6.07, 6.45) is -1.70. The van der Waals surface area contributed by atoms with Crippen LogP contribution in [0.5, 0.6) is 0 Å². The fourth-order valence-corrected chi connectivity index (χ4v) is 1.82. The molecule has 0 aliphatic carbocycles. The van der Waals surface area contributed by atoms with Crippen LogP contribution in [-0.4, -0.2) is 40.0 Å². The van der Waals surface area contributed by atoms with E-state index in [0.717, 1.165) is 0 Å². The summed E-state index contributed by atoms with van der Waals surface area (Å²) in [5.74, 6) is -1.60. The third kappa shape index (κ3) is 4.84. The van der Waals surface area contributed by atoms with Crippen LogP contribution in [-0.2, 0) is 9.59 Å². The highest BCUT2D eigenvalue weighted by Crippen LogP contribution is 2.18. The zero-order valence-electron chi connectivity index (χ0n) is 10.8. The van der Waals surface area contributed by atoms with Gasteiger partial charge in [-0.15, -0.1) is 0 Å². The Morgan fingerprint density at radius 3 is 2.40 bits per heavy atom. The molecule has 1 rings (SSSR count). The minimum absolute atomic E-state index is 0.135. The molecule has 1 amide bonds. The Hall–Kier alpha value is -1.57. The fraction of sp³-hybridized carbons (Fsp3) is 0.385. The van der Waals surface area contributed by atoms with Gasteiger partial charge in [-0.3, -0.25) is 4.79 Å². The van der Waals surface area contributed by atoms with E-state index in [4.69, 9.17) is 10.8 Å². The first-order valence-electron chi connectivity index (χ1n) is 6.08. The smallest absolute Gasteiger partial charge is 0.332 e. The quantitative estimate of drug-likeness (QED) is 0.453. The highest BCUT2D eigenvalue weighted by atomic mass is 32.1. The molecule has 0 aliphatic heterocycles. The molecule has 7 heteroatoms.